The van der Waals surface area contributed by atoms with Crippen LogP contribution in [0.3, 0.4) is 0 Å². The van der Waals surface area contributed by atoms with E-state index < -0.39 is 11.9 Å². The molecule has 2 N–H and O–H groups in total. The molecule has 0 spiro atoms. The molecule has 0 aliphatic carbocycles. The van der Waals surface area contributed by atoms with Gasteiger partial charge in [-0.2, -0.15) is 0 Å². The Bertz CT molecular complexity index is 278. The van der Waals surface area contributed by atoms with Crippen LogP contribution in [0.1, 0.15) is 33.1 Å². The minimum Gasteiger partial charge on any atom is -0.481 e. The number of rotatable bonds is 7. The monoisotopic (exact) mass is 225 g/mol. The minimum absolute atomic E-state index is 0.173. The smallest absolute Gasteiger partial charge is 0.303 e. The largest absolute Gasteiger partial charge is 0.481 e. The number of aliphatic carboxylic acids is 1. The Morgan fingerprint density at radius 3 is 2.44 bits per heavy atom. The third-order valence-corrected chi connectivity index (χ3v) is 2.60. The van der Waals surface area contributed by atoms with Gasteiger partial charge in [0.05, 0.1) is 0 Å². The Kier molecular flexibility index (Phi) is 7.02. The van der Waals surface area contributed by atoms with Crippen LogP contribution >= 0.6 is 0 Å². The van der Waals surface area contributed by atoms with E-state index in [4.69, 9.17) is 11.5 Å². The molecule has 0 radical (unpaired) electrons. The maximum absolute atomic E-state index is 10.8. The first kappa shape index (κ1) is 14.5. The number of carbonyl (C=O) groups excluding carboxylic acids is 1. The quantitative estimate of drug-likeness (QED) is 0.641. The van der Waals surface area contributed by atoms with Gasteiger partial charge in [-0.25, -0.2) is 0 Å². The Morgan fingerprint density at radius 1 is 1.38 bits per heavy atom. The third kappa shape index (κ3) is 6.88. The van der Waals surface area contributed by atoms with E-state index in [2.05, 4.69) is 19.2 Å². The lowest BCUT2D eigenvalue weighted by atomic mass is 9.88. The predicted octanol–water partition coefficient (Wildman–Crippen LogP) is 1.26. The molecule has 1 unspecified atom stereocenters. The van der Waals surface area contributed by atoms with Crippen LogP contribution in [-0.2, 0) is 9.59 Å². The van der Waals surface area contributed by atoms with Crippen molar-refractivity contribution >= 4 is 11.9 Å². The second kappa shape index (κ2) is 7.75. The van der Waals surface area contributed by atoms with E-state index in [0.29, 0.717) is 24.8 Å². The number of carbonyl (C=O) groups is 2. The van der Waals surface area contributed by atoms with Crippen LogP contribution < -0.4 is 5.32 Å². The zero-order valence-corrected chi connectivity index (χ0v) is 9.82. The van der Waals surface area contributed by atoms with Gasteiger partial charge < -0.3 is 10.4 Å². The fourth-order valence-electron chi connectivity index (χ4n) is 1.54. The summed E-state index contributed by atoms with van der Waals surface area (Å²) >= 11 is 0. The van der Waals surface area contributed by atoms with Crippen molar-refractivity contribution in [1.29, 1.82) is 0 Å². The molecule has 90 valence electrons. The topological polar surface area (TPSA) is 66.4 Å². The van der Waals surface area contributed by atoms with Crippen LogP contribution in [0.4, 0.5) is 0 Å². The summed E-state index contributed by atoms with van der Waals surface area (Å²) in [7, 11) is 0. The number of carboxylic acids is 1. The summed E-state index contributed by atoms with van der Waals surface area (Å²) in [4.78, 5) is 21.2. The maximum atomic E-state index is 10.8. The first-order valence-electron chi connectivity index (χ1n) is 5.43. The van der Waals surface area contributed by atoms with E-state index in [1.54, 1.807) is 0 Å². The molecule has 0 aromatic rings. The van der Waals surface area contributed by atoms with Gasteiger partial charge in [0.15, 0.2) is 0 Å². The molecule has 0 fully saturated rings. The molecule has 1 atom stereocenters. The summed E-state index contributed by atoms with van der Waals surface area (Å²) in [5.74, 6) is 1.48. The highest BCUT2D eigenvalue weighted by molar-refractivity contribution is 5.92. The van der Waals surface area contributed by atoms with E-state index in [-0.39, 0.29) is 6.42 Å². The van der Waals surface area contributed by atoms with Gasteiger partial charge in [0, 0.05) is 13.0 Å². The van der Waals surface area contributed by atoms with Crippen molar-refractivity contribution in [1.82, 2.24) is 5.32 Å². The number of hydrogen-bond acceptors (Lipinski definition) is 2. The van der Waals surface area contributed by atoms with Gasteiger partial charge in [-0.3, -0.25) is 9.59 Å². The van der Waals surface area contributed by atoms with Crippen molar-refractivity contribution in [3.8, 4) is 12.3 Å². The molecular formula is C12H19NO3. The third-order valence-electron chi connectivity index (χ3n) is 2.60. The van der Waals surface area contributed by atoms with Crippen molar-refractivity contribution in [2.45, 2.75) is 33.1 Å². The van der Waals surface area contributed by atoms with Gasteiger partial charge in [0.2, 0.25) is 0 Å². The summed E-state index contributed by atoms with van der Waals surface area (Å²) in [6, 6.07) is 0. The molecule has 0 aliphatic rings. The normalized spacial score (nSPS) is 11.9. The highest BCUT2D eigenvalue weighted by Crippen LogP contribution is 2.20. The highest BCUT2D eigenvalue weighted by atomic mass is 16.4. The zero-order valence-electron chi connectivity index (χ0n) is 9.82. The first-order valence-corrected chi connectivity index (χ1v) is 5.43. The first-order chi connectivity index (χ1) is 7.47. The van der Waals surface area contributed by atoms with E-state index in [1.165, 1.54) is 0 Å². The van der Waals surface area contributed by atoms with Crippen LogP contribution in [0.5, 0.6) is 0 Å². The van der Waals surface area contributed by atoms with Gasteiger partial charge in [0.25, 0.3) is 5.91 Å². The van der Waals surface area contributed by atoms with Crippen molar-refractivity contribution in [2.75, 3.05) is 6.54 Å². The second-order valence-corrected chi connectivity index (χ2v) is 4.13. The molecule has 0 rings (SSSR count). The highest BCUT2D eigenvalue weighted by Gasteiger charge is 2.14. The fraction of sp³-hybridized carbons (Fsp3) is 0.667. The van der Waals surface area contributed by atoms with E-state index in [1.807, 2.05) is 5.92 Å². The summed E-state index contributed by atoms with van der Waals surface area (Å²) in [5.41, 5.74) is 0. The number of nitrogens with one attached hydrogen (secondary N) is 1. The standard InChI is InChI=1S/C12H19NO3/c1-4-11(14)13-8-7-10(9(2)3)5-6-12(15)16/h1,9-10H,5-8H2,2-3H3,(H,13,14)(H,15,16). The van der Waals surface area contributed by atoms with Crippen LogP contribution in [0, 0.1) is 24.2 Å². The average Bonchev–Trinajstić information content (AvgIpc) is 2.21. The van der Waals surface area contributed by atoms with Crippen molar-refractivity contribution in [3.05, 3.63) is 0 Å². The van der Waals surface area contributed by atoms with Gasteiger partial charge in [0.1, 0.15) is 0 Å². The molecule has 0 heterocycles. The summed E-state index contributed by atoms with van der Waals surface area (Å²) < 4.78 is 0. The summed E-state index contributed by atoms with van der Waals surface area (Å²) in [5, 5.41) is 11.2. The number of carboxylic acid groups (broad SMARTS) is 1. The minimum atomic E-state index is -0.779. The van der Waals surface area contributed by atoms with Gasteiger partial charge in [-0.05, 0) is 30.6 Å². The number of amides is 1. The van der Waals surface area contributed by atoms with Crippen molar-refractivity contribution in [2.24, 2.45) is 11.8 Å². The number of terminal acetylenes is 1. The predicted molar refractivity (Wildman–Crippen MR) is 61.7 cm³/mol. The van der Waals surface area contributed by atoms with E-state index in [9.17, 15) is 9.59 Å². The SMILES string of the molecule is C#CC(=O)NCCC(CCC(=O)O)C(C)C. The van der Waals surface area contributed by atoms with Crippen LogP contribution in [0.15, 0.2) is 0 Å². The van der Waals surface area contributed by atoms with E-state index in [0.717, 1.165) is 6.42 Å². The molecule has 0 bridgehead atoms. The van der Waals surface area contributed by atoms with Crippen molar-refractivity contribution < 1.29 is 14.7 Å². The molecule has 4 nitrogen and oxygen atoms in total. The molecule has 0 aromatic carbocycles. The Morgan fingerprint density at radius 2 is 2.00 bits per heavy atom. The maximum Gasteiger partial charge on any atom is 0.303 e. The Balaban J connectivity index is 3.91. The van der Waals surface area contributed by atoms with Crippen molar-refractivity contribution in [3.63, 3.8) is 0 Å². The molecule has 0 aliphatic heterocycles. The lowest BCUT2D eigenvalue weighted by molar-refractivity contribution is -0.137. The zero-order chi connectivity index (χ0) is 12.6. The Labute approximate surface area is 96.4 Å². The Hall–Kier alpha value is -1.50. The summed E-state index contributed by atoms with van der Waals surface area (Å²) in [6.45, 7) is 4.61. The van der Waals surface area contributed by atoms with Gasteiger partial charge >= 0.3 is 5.97 Å². The molecule has 0 saturated heterocycles. The van der Waals surface area contributed by atoms with Gasteiger partial charge in [-0.1, -0.05) is 13.8 Å². The van der Waals surface area contributed by atoms with Crippen LogP contribution in [0.25, 0.3) is 0 Å². The second-order valence-electron chi connectivity index (χ2n) is 4.13. The number of hydrogen-bond donors (Lipinski definition) is 2. The molecule has 1 amide bonds. The molecule has 0 saturated carbocycles. The van der Waals surface area contributed by atoms with Crippen LogP contribution in [0.2, 0.25) is 0 Å². The lowest BCUT2D eigenvalue weighted by Gasteiger charge is -2.19. The molecular weight excluding hydrogens is 206 g/mol. The molecule has 0 aromatic heterocycles. The van der Waals surface area contributed by atoms with E-state index >= 15 is 0 Å². The molecule has 4 heteroatoms. The molecule has 16 heavy (non-hydrogen) atoms. The average molecular weight is 225 g/mol. The van der Waals surface area contributed by atoms with Gasteiger partial charge in [-0.15, -0.1) is 6.42 Å². The van der Waals surface area contributed by atoms with Crippen LogP contribution in [-0.4, -0.2) is 23.5 Å². The lowest BCUT2D eigenvalue weighted by Crippen LogP contribution is -2.25. The summed E-state index contributed by atoms with van der Waals surface area (Å²) in [6.07, 6.45) is 6.48. The fourth-order valence-corrected chi connectivity index (χ4v) is 1.54.